The van der Waals surface area contributed by atoms with Crippen molar-refractivity contribution in [1.82, 2.24) is 18.3 Å². The van der Waals surface area contributed by atoms with Gasteiger partial charge in [0, 0.05) is 65.8 Å². The Morgan fingerprint density at radius 1 is 0.125 bits per heavy atom. The Labute approximate surface area is 600 Å². The zero-order chi connectivity index (χ0) is 68.3. The molecule has 0 radical (unpaired) electrons. The Morgan fingerprint density at radius 3 is 0.779 bits per heavy atom. The van der Waals surface area contributed by atoms with E-state index in [-0.39, 0.29) is 0 Å². The van der Waals surface area contributed by atoms with Gasteiger partial charge in [0.2, 0.25) is 0 Å². The minimum absolute atomic E-state index is 1.16. The number of benzene rings is 18. The van der Waals surface area contributed by atoms with Gasteiger partial charge in [0.05, 0.1) is 44.1 Å². The summed E-state index contributed by atoms with van der Waals surface area (Å²) in [4.78, 5) is 0. The largest absolute Gasteiger partial charge is 0.309 e. The zero-order valence-electron chi connectivity index (χ0n) is 56.7. The molecule has 0 saturated carbocycles. The fourth-order valence-electron chi connectivity index (χ4n) is 17.1. The Kier molecular flexibility index (Phi) is 13.6. The molecule has 0 aliphatic rings. The van der Waals surface area contributed by atoms with Gasteiger partial charge in [-0.2, -0.15) is 0 Å². The van der Waals surface area contributed by atoms with Crippen molar-refractivity contribution in [2.24, 2.45) is 0 Å². The third-order valence-corrected chi connectivity index (χ3v) is 21.8. The molecule has 4 nitrogen and oxygen atoms in total. The fourth-order valence-corrected chi connectivity index (χ4v) is 17.1. The van der Waals surface area contributed by atoms with Crippen LogP contribution >= 0.6 is 0 Å². The van der Waals surface area contributed by atoms with Crippen molar-refractivity contribution in [3.8, 4) is 67.3 Å². The highest BCUT2D eigenvalue weighted by Crippen LogP contribution is 2.44. The SMILES string of the molecule is c1ccc(-n2c3ccccc3c3cc(-c4ccc5c(c4)c4ccccc4n5-c4ccc(-c5cc6ccccc6c6ccccc56)cc4)ccc32)cc1.c1ccc(-n2c3ccccc3c3cc(-c4ccc5c(c4)c4ccccc4n5-c4cccc(-c5cc6ccccc6c6ccccc56)c4)ccc32)cc1. The summed E-state index contributed by atoms with van der Waals surface area (Å²) in [5.74, 6) is 0. The van der Waals surface area contributed by atoms with Gasteiger partial charge in [0.15, 0.2) is 0 Å². The second-order valence-corrected chi connectivity index (χ2v) is 27.5. The first-order valence-corrected chi connectivity index (χ1v) is 35.9. The van der Waals surface area contributed by atoms with Crippen molar-refractivity contribution in [1.29, 1.82) is 0 Å². The Hall–Kier alpha value is -13.8. The smallest absolute Gasteiger partial charge is 0.0541 e. The number of nitrogens with zero attached hydrogens (tertiary/aromatic N) is 4. The van der Waals surface area contributed by atoms with Crippen LogP contribution in [0.4, 0.5) is 0 Å². The summed E-state index contributed by atoms with van der Waals surface area (Å²) in [6, 6.07) is 142. The van der Waals surface area contributed by atoms with E-state index in [0.29, 0.717) is 0 Å². The van der Waals surface area contributed by atoms with E-state index in [0.717, 1.165) is 11.4 Å². The molecule has 0 bridgehead atoms. The molecular formula is C100H64N4. The van der Waals surface area contributed by atoms with Gasteiger partial charge in [-0.15, -0.1) is 0 Å². The standard InChI is InChI=1S/2C50H32N2/c1-2-15-37(16-3-1)51-47-23-10-8-21-42(47)45-30-33(25-27-49(45)51)34-26-28-50-46(31-34)43-22-9-11-24-48(43)52(50)38-17-12-14-35(29-38)44-32-36-13-4-5-18-39(36)40-19-6-7-20-41(40)44;1-2-13-37(14-3-1)51-47-20-10-8-18-42(47)45-30-34(24-28-49(45)51)35-25-29-50-46(31-35)43-19-9-11-21-48(43)52(50)38-26-22-33(23-27-38)44-32-36-12-4-5-15-39(36)40-16-6-7-17-41(40)44/h2*1-32H. The molecule has 104 heavy (non-hydrogen) atoms. The van der Waals surface area contributed by atoms with Gasteiger partial charge in [-0.1, -0.05) is 255 Å². The normalized spacial score (nSPS) is 11.8. The number of fused-ring (bicyclic) bond motifs is 18. The van der Waals surface area contributed by atoms with E-state index in [9.17, 15) is 0 Å². The summed E-state index contributed by atoms with van der Waals surface area (Å²) in [6.07, 6.45) is 0. The van der Waals surface area contributed by atoms with E-state index >= 15 is 0 Å². The van der Waals surface area contributed by atoms with E-state index in [1.807, 2.05) is 0 Å². The van der Waals surface area contributed by atoms with Crippen molar-refractivity contribution in [2.75, 3.05) is 0 Å². The highest BCUT2D eigenvalue weighted by molar-refractivity contribution is 6.18. The molecule has 0 saturated heterocycles. The maximum atomic E-state index is 2.43. The molecule has 0 N–H and O–H groups in total. The minimum Gasteiger partial charge on any atom is -0.309 e. The minimum atomic E-state index is 1.16. The highest BCUT2D eigenvalue weighted by Gasteiger charge is 2.21. The molecule has 4 heteroatoms. The average molecular weight is 1320 g/mol. The predicted molar refractivity (Wildman–Crippen MR) is 442 cm³/mol. The summed E-state index contributed by atoms with van der Waals surface area (Å²) in [6.45, 7) is 0. The van der Waals surface area contributed by atoms with Crippen LogP contribution in [0, 0.1) is 0 Å². The summed E-state index contributed by atoms with van der Waals surface area (Å²) in [5, 5.41) is 20.3. The molecule has 0 aliphatic heterocycles. The molecule has 484 valence electrons. The van der Waals surface area contributed by atoms with E-state index in [1.165, 1.54) is 186 Å². The maximum absolute atomic E-state index is 2.43. The molecule has 0 atom stereocenters. The Morgan fingerprint density at radius 2 is 0.394 bits per heavy atom. The molecule has 0 unspecified atom stereocenters. The van der Waals surface area contributed by atoms with Crippen LogP contribution in [-0.4, -0.2) is 18.3 Å². The number of hydrogen-bond acceptors (Lipinski definition) is 0. The molecule has 22 rings (SSSR count). The number of aromatic nitrogens is 4. The van der Waals surface area contributed by atoms with Crippen LogP contribution in [0.25, 0.3) is 198 Å². The molecule has 0 aliphatic carbocycles. The van der Waals surface area contributed by atoms with E-state index in [2.05, 4.69) is 407 Å². The highest BCUT2D eigenvalue weighted by atomic mass is 15.0. The van der Waals surface area contributed by atoms with Crippen molar-refractivity contribution >= 4 is 130 Å². The molecule has 0 spiro atoms. The van der Waals surface area contributed by atoms with E-state index in [1.54, 1.807) is 0 Å². The summed E-state index contributed by atoms with van der Waals surface area (Å²) < 4.78 is 9.59. The number of rotatable bonds is 8. The van der Waals surface area contributed by atoms with Gasteiger partial charge < -0.3 is 18.3 Å². The molecule has 18 aromatic carbocycles. The quantitative estimate of drug-likeness (QED) is 0.135. The molecule has 0 fully saturated rings. The predicted octanol–water partition coefficient (Wildman–Crippen LogP) is 27.0. The first-order chi connectivity index (χ1) is 51.6. The summed E-state index contributed by atoms with van der Waals surface area (Å²) in [5.41, 5.74) is 24.2. The van der Waals surface area contributed by atoms with E-state index in [4.69, 9.17) is 0 Å². The van der Waals surface area contributed by atoms with Crippen LogP contribution in [0.2, 0.25) is 0 Å². The van der Waals surface area contributed by atoms with Crippen LogP contribution in [0.15, 0.2) is 388 Å². The lowest BCUT2D eigenvalue weighted by molar-refractivity contribution is 1.18. The van der Waals surface area contributed by atoms with Gasteiger partial charge in [0.1, 0.15) is 0 Å². The molecule has 0 amide bonds. The van der Waals surface area contributed by atoms with Gasteiger partial charge in [-0.25, -0.2) is 0 Å². The van der Waals surface area contributed by atoms with Gasteiger partial charge in [0.25, 0.3) is 0 Å². The van der Waals surface area contributed by atoms with Crippen molar-refractivity contribution in [3.63, 3.8) is 0 Å². The van der Waals surface area contributed by atoms with Crippen LogP contribution in [0.3, 0.4) is 0 Å². The van der Waals surface area contributed by atoms with Crippen molar-refractivity contribution in [3.05, 3.63) is 388 Å². The van der Waals surface area contributed by atoms with E-state index < -0.39 is 0 Å². The lowest BCUT2D eigenvalue weighted by Gasteiger charge is -2.14. The number of para-hydroxylation sites is 6. The summed E-state index contributed by atoms with van der Waals surface area (Å²) in [7, 11) is 0. The second kappa shape index (κ2) is 24.0. The lowest BCUT2D eigenvalue weighted by Crippen LogP contribution is -1.94. The van der Waals surface area contributed by atoms with Crippen LogP contribution < -0.4 is 0 Å². The van der Waals surface area contributed by atoms with Crippen molar-refractivity contribution in [2.45, 2.75) is 0 Å². The Balaban J connectivity index is 0.000000134. The first kappa shape index (κ1) is 59.1. The monoisotopic (exact) mass is 1320 g/mol. The third-order valence-electron chi connectivity index (χ3n) is 21.8. The van der Waals surface area contributed by atoms with Gasteiger partial charge in [-0.05, 0) is 221 Å². The zero-order valence-corrected chi connectivity index (χ0v) is 56.7. The van der Waals surface area contributed by atoms with Crippen molar-refractivity contribution < 1.29 is 0 Å². The second-order valence-electron chi connectivity index (χ2n) is 27.5. The topological polar surface area (TPSA) is 19.7 Å². The van der Waals surface area contributed by atoms with Crippen LogP contribution in [0.1, 0.15) is 0 Å². The Bertz CT molecular complexity index is 7210. The van der Waals surface area contributed by atoms with Crippen LogP contribution in [0.5, 0.6) is 0 Å². The first-order valence-electron chi connectivity index (χ1n) is 35.9. The maximum Gasteiger partial charge on any atom is 0.0541 e. The molecule has 22 aromatic rings. The third kappa shape index (κ3) is 9.46. The molecule has 4 heterocycles. The molecular weight excluding hydrogens is 1260 g/mol. The van der Waals surface area contributed by atoms with Gasteiger partial charge >= 0.3 is 0 Å². The number of hydrogen-bond donors (Lipinski definition) is 0. The average Bonchev–Trinajstić information content (AvgIpc) is 1.43. The van der Waals surface area contributed by atoms with Crippen LogP contribution in [-0.2, 0) is 0 Å². The van der Waals surface area contributed by atoms with Gasteiger partial charge in [-0.3, -0.25) is 0 Å². The molecule has 4 aromatic heterocycles. The fraction of sp³-hybridized carbons (Fsp3) is 0. The lowest BCUT2D eigenvalue weighted by atomic mass is 9.93. The summed E-state index contributed by atoms with van der Waals surface area (Å²) >= 11 is 0.